The van der Waals surface area contributed by atoms with Gasteiger partial charge in [-0.3, -0.25) is 14.8 Å². The second-order valence-corrected chi connectivity index (χ2v) is 6.55. The second kappa shape index (κ2) is 7.10. The van der Waals surface area contributed by atoms with E-state index in [0.717, 1.165) is 18.9 Å². The van der Waals surface area contributed by atoms with Gasteiger partial charge in [-0.15, -0.1) is 13.2 Å². The standard InChI is InChI=1S/C20H16F3N3O2/c21-20(22,23)28-16-10-14(9-15(11-16)19(27)26-7-1-2-8-26)13-3-4-17-18(12-13)25-6-5-24-17/h3-6,9-12H,1-2,7-8H2. The number of hydrogen-bond donors (Lipinski definition) is 0. The van der Waals surface area contributed by atoms with Crippen LogP contribution < -0.4 is 4.74 Å². The molecule has 1 aliphatic heterocycles. The third kappa shape index (κ3) is 3.90. The van der Waals surface area contributed by atoms with Crippen molar-refractivity contribution in [2.75, 3.05) is 13.1 Å². The molecule has 1 saturated heterocycles. The van der Waals surface area contributed by atoms with Crippen LogP contribution in [0.3, 0.4) is 0 Å². The van der Waals surface area contributed by atoms with E-state index in [4.69, 9.17) is 0 Å². The van der Waals surface area contributed by atoms with E-state index < -0.39 is 12.1 Å². The first-order chi connectivity index (χ1) is 13.4. The quantitative estimate of drug-likeness (QED) is 0.667. The average molecular weight is 387 g/mol. The molecule has 4 rings (SSSR count). The highest BCUT2D eigenvalue weighted by molar-refractivity contribution is 5.96. The van der Waals surface area contributed by atoms with Gasteiger partial charge in [0.25, 0.3) is 5.91 Å². The fourth-order valence-corrected chi connectivity index (χ4v) is 3.33. The van der Waals surface area contributed by atoms with Crippen molar-refractivity contribution in [1.29, 1.82) is 0 Å². The Bertz CT molecular complexity index is 1030. The summed E-state index contributed by atoms with van der Waals surface area (Å²) in [6.45, 7) is 1.20. The van der Waals surface area contributed by atoms with Crippen molar-refractivity contribution in [3.8, 4) is 16.9 Å². The fraction of sp³-hybridized carbons (Fsp3) is 0.250. The number of benzene rings is 2. The van der Waals surface area contributed by atoms with Gasteiger partial charge < -0.3 is 9.64 Å². The van der Waals surface area contributed by atoms with Crippen molar-refractivity contribution in [3.63, 3.8) is 0 Å². The lowest BCUT2D eigenvalue weighted by Crippen LogP contribution is -2.27. The molecule has 28 heavy (non-hydrogen) atoms. The van der Waals surface area contributed by atoms with Gasteiger partial charge in [-0.25, -0.2) is 0 Å². The van der Waals surface area contributed by atoms with Crippen LogP contribution in [0.15, 0.2) is 48.8 Å². The van der Waals surface area contributed by atoms with Crippen LogP contribution >= 0.6 is 0 Å². The Hall–Kier alpha value is -3.16. The number of aromatic nitrogens is 2. The zero-order valence-electron chi connectivity index (χ0n) is 14.7. The van der Waals surface area contributed by atoms with Crippen molar-refractivity contribution >= 4 is 16.9 Å². The summed E-state index contributed by atoms with van der Waals surface area (Å²) < 4.78 is 42.5. The number of ether oxygens (including phenoxy) is 1. The zero-order valence-corrected chi connectivity index (χ0v) is 14.7. The van der Waals surface area contributed by atoms with Crippen molar-refractivity contribution < 1.29 is 22.7 Å². The van der Waals surface area contributed by atoms with Gasteiger partial charge in [-0.05, 0) is 54.3 Å². The number of fused-ring (bicyclic) bond motifs is 1. The lowest BCUT2D eigenvalue weighted by Gasteiger charge is -2.17. The molecule has 1 amide bonds. The van der Waals surface area contributed by atoms with E-state index in [1.165, 1.54) is 12.3 Å². The molecule has 0 atom stereocenters. The molecule has 2 heterocycles. The van der Waals surface area contributed by atoms with Crippen LogP contribution in [0.2, 0.25) is 0 Å². The van der Waals surface area contributed by atoms with Crippen LogP contribution in [0.25, 0.3) is 22.2 Å². The molecule has 1 aromatic heterocycles. The fourth-order valence-electron chi connectivity index (χ4n) is 3.33. The van der Waals surface area contributed by atoms with E-state index in [9.17, 15) is 18.0 Å². The first-order valence-corrected chi connectivity index (χ1v) is 8.80. The number of carbonyl (C=O) groups is 1. The Morgan fingerprint density at radius 3 is 2.36 bits per heavy atom. The first-order valence-electron chi connectivity index (χ1n) is 8.80. The Morgan fingerprint density at radius 1 is 0.929 bits per heavy atom. The monoisotopic (exact) mass is 387 g/mol. The van der Waals surface area contributed by atoms with Gasteiger partial charge in [0.15, 0.2) is 0 Å². The largest absolute Gasteiger partial charge is 0.573 e. The molecule has 0 saturated carbocycles. The minimum Gasteiger partial charge on any atom is -0.406 e. The summed E-state index contributed by atoms with van der Waals surface area (Å²) in [5.74, 6) is -0.723. The Labute approximate surface area is 158 Å². The predicted octanol–water partition coefficient (Wildman–Crippen LogP) is 4.43. The number of carbonyl (C=O) groups excluding carboxylic acids is 1. The highest BCUT2D eigenvalue weighted by Gasteiger charge is 2.32. The summed E-state index contributed by atoms with van der Waals surface area (Å²) in [6.07, 6.45) is 0.0348. The molecule has 1 aliphatic rings. The summed E-state index contributed by atoms with van der Waals surface area (Å²) in [7, 11) is 0. The van der Waals surface area contributed by atoms with Crippen molar-refractivity contribution in [2.45, 2.75) is 19.2 Å². The third-order valence-corrected chi connectivity index (χ3v) is 4.58. The number of halogens is 3. The lowest BCUT2D eigenvalue weighted by molar-refractivity contribution is -0.274. The number of hydrogen-bond acceptors (Lipinski definition) is 4. The normalized spacial score (nSPS) is 14.5. The van der Waals surface area contributed by atoms with Crippen LogP contribution in [-0.4, -0.2) is 40.2 Å². The van der Waals surface area contributed by atoms with E-state index in [0.29, 0.717) is 35.2 Å². The van der Waals surface area contributed by atoms with Crippen LogP contribution in [0.5, 0.6) is 5.75 Å². The molecule has 0 unspecified atom stereocenters. The summed E-state index contributed by atoms with van der Waals surface area (Å²) in [5.41, 5.74) is 2.50. The van der Waals surface area contributed by atoms with Gasteiger partial charge in [-0.1, -0.05) is 6.07 Å². The van der Waals surface area contributed by atoms with Crippen LogP contribution in [0.1, 0.15) is 23.2 Å². The highest BCUT2D eigenvalue weighted by atomic mass is 19.4. The molecule has 5 nitrogen and oxygen atoms in total. The predicted molar refractivity (Wildman–Crippen MR) is 96.8 cm³/mol. The molecule has 2 aromatic carbocycles. The van der Waals surface area contributed by atoms with E-state index in [1.54, 1.807) is 35.4 Å². The van der Waals surface area contributed by atoms with Gasteiger partial charge in [0.2, 0.25) is 0 Å². The summed E-state index contributed by atoms with van der Waals surface area (Å²) in [4.78, 5) is 22.8. The maximum atomic E-state index is 12.8. The molecule has 3 aromatic rings. The van der Waals surface area contributed by atoms with Gasteiger partial charge in [-0.2, -0.15) is 0 Å². The molecule has 0 N–H and O–H groups in total. The molecule has 0 bridgehead atoms. The molecular weight excluding hydrogens is 371 g/mol. The Morgan fingerprint density at radius 2 is 1.64 bits per heavy atom. The zero-order chi connectivity index (χ0) is 19.7. The lowest BCUT2D eigenvalue weighted by atomic mass is 10.0. The smallest absolute Gasteiger partial charge is 0.406 e. The maximum Gasteiger partial charge on any atom is 0.573 e. The van der Waals surface area contributed by atoms with E-state index in [2.05, 4.69) is 14.7 Å². The van der Waals surface area contributed by atoms with Gasteiger partial charge in [0.05, 0.1) is 11.0 Å². The maximum absolute atomic E-state index is 12.8. The third-order valence-electron chi connectivity index (χ3n) is 4.58. The van der Waals surface area contributed by atoms with Crippen molar-refractivity contribution in [2.24, 2.45) is 0 Å². The van der Waals surface area contributed by atoms with E-state index in [1.807, 2.05) is 0 Å². The minimum absolute atomic E-state index is 0.165. The number of likely N-dealkylation sites (tertiary alicyclic amines) is 1. The first kappa shape index (κ1) is 18.2. The van der Waals surface area contributed by atoms with Gasteiger partial charge in [0, 0.05) is 31.0 Å². The number of alkyl halides is 3. The molecule has 0 aliphatic carbocycles. The summed E-state index contributed by atoms with van der Waals surface area (Å²) >= 11 is 0. The highest BCUT2D eigenvalue weighted by Crippen LogP contribution is 2.31. The number of amides is 1. The van der Waals surface area contributed by atoms with E-state index in [-0.39, 0.29) is 11.5 Å². The molecule has 0 radical (unpaired) electrons. The van der Waals surface area contributed by atoms with Gasteiger partial charge >= 0.3 is 6.36 Å². The topological polar surface area (TPSA) is 55.3 Å². The average Bonchev–Trinajstić information content (AvgIpc) is 3.20. The van der Waals surface area contributed by atoms with E-state index >= 15 is 0 Å². The second-order valence-electron chi connectivity index (χ2n) is 6.55. The van der Waals surface area contributed by atoms with Crippen LogP contribution in [0.4, 0.5) is 13.2 Å². The number of nitrogens with zero attached hydrogens (tertiary/aromatic N) is 3. The summed E-state index contributed by atoms with van der Waals surface area (Å²) in [6, 6.07) is 9.18. The molecule has 1 fully saturated rings. The summed E-state index contributed by atoms with van der Waals surface area (Å²) in [5, 5.41) is 0. The Balaban J connectivity index is 1.78. The number of rotatable bonds is 3. The Kier molecular flexibility index (Phi) is 4.62. The SMILES string of the molecule is O=C(c1cc(OC(F)(F)F)cc(-c2ccc3nccnc3c2)c1)N1CCCC1. The van der Waals surface area contributed by atoms with Crippen molar-refractivity contribution in [1.82, 2.24) is 14.9 Å². The molecule has 0 spiro atoms. The molecule has 144 valence electrons. The van der Waals surface area contributed by atoms with Crippen molar-refractivity contribution in [3.05, 3.63) is 54.4 Å². The molecular formula is C20H16F3N3O2. The van der Waals surface area contributed by atoms with Crippen LogP contribution in [-0.2, 0) is 0 Å². The molecule has 8 heteroatoms. The van der Waals surface area contributed by atoms with Crippen LogP contribution in [0, 0.1) is 0 Å². The minimum atomic E-state index is -4.85. The van der Waals surface area contributed by atoms with Gasteiger partial charge in [0.1, 0.15) is 5.75 Å².